The van der Waals surface area contributed by atoms with E-state index in [-0.39, 0.29) is 12.0 Å². The molecule has 1 amide bonds. The molecule has 4 heteroatoms. The van der Waals surface area contributed by atoms with E-state index in [9.17, 15) is 4.79 Å². The molecule has 98 valence electrons. The van der Waals surface area contributed by atoms with Gasteiger partial charge in [0, 0.05) is 19.7 Å². The van der Waals surface area contributed by atoms with Crippen LogP contribution < -0.4 is 5.73 Å². The molecule has 1 fully saturated rings. The molecule has 0 spiro atoms. The largest absolute Gasteiger partial charge is 0.377 e. The zero-order valence-electron chi connectivity index (χ0n) is 10.7. The van der Waals surface area contributed by atoms with Gasteiger partial charge in [0.05, 0.1) is 6.10 Å². The Morgan fingerprint density at radius 1 is 1.44 bits per heavy atom. The molecule has 2 N–H and O–H groups in total. The van der Waals surface area contributed by atoms with E-state index in [1.165, 1.54) is 0 Å². The molecule has 1 aromatic rings. The Hall–Kier alpha value is -1.39. The molecule has 2 rings (SSSR count). The summed E-state index contributed by atoms with van der Waals surface area (Å²) < 4.78 is 5.53. The summed E-state index contributed by atoms with van der Waals surface area (Å²) in [7, 11) is 0. The van der Waals surface area contributed by atoms with Crippen LogP contribution in [0.5, 0.6) is 0 Å². The van der Waals surface area contributed by atoms with Crippen LogP contribution in [-0.4, -0.2) is 36.6 Å². The number of rotatable bonds is 2. The Labute approximate surface area is 108 Å². The van der Waals surface area contributed by atoms with E-state index in [4.69, 9.17) is 10.5 Å². The second kappa shape index (κ2) is 5.98. The normalized spacial score (nSPS) is 22.3. The van der Waals surface area contributed by atoms with Crippen molar-refractivity contribution in [2.45, 2.75) is 25.5 Å². The van der Waals surface area contributed by atoms with Crippen LogP contribution in [0.15, 0.2) is 30.3 Å². The number of hydrogen-bond donors (Lipinski definition) is 1. The predicted octanol–water partition coefficient (Wildman–Crippen LogP) is 1.32. The van der Waals surface area contributed by atoms with Crippen LogP contribution >= 0.6 is 0 Å². The average molecular weight is 248 g/mol. The zero-order chi connectivity index (χ0) is 13.0. The fourth-order valence-electron chi connectivity index (χ4n) is 2.19. The molecule has 18 heavy (non-hydrogen) atoms. The number of benzene rings is 1. The summed E-state index contributed by atoms with van der Waals surface area (Å²) in [4.78, 5) is 14.2. The topological polar surface area (TPSA) is 55.6 Å². The van der Waals surface area contributed by atoms with Crippen molar-refractivity contribution in [1.82, 2.24) is 4.90 Å². The summed E-state index contributed by atoms with van der Waals surface area (Å²) >= 11 is 0. The van der Waals surface area contributed by atoms with Gasteiger partial charge in [-0.05, 0) is 18.9 Å². The van der Waals surface area contributed by atoms with Crippen LogP contribution in [0.25, 0.3) is 0 Å². The number of ether oxygens (including phenoxy) is 1. The minimum absolute atomic E-state index is 0.0152. The first-order valence-electron chi connectivity index (χ1n) is 6.39. The van der Waals surface area contributed by atoms with Gasteiger partial charge in [0.2, 0.25) is 5.91 Å². The Morgan fingerprint density at radius 2 is 2.17 bits per heavy atom. The third-order valence-electron chi connectivity index (χ3n) is 3.19. The van der Waals surface area contributed by atoms with Crippen molar-refractivity contribution in [3.05, 3.63) is 35.9 Å². The zero-order valence-corrected chi connectivity index (χ0v) is 10.7. The van der Waals surface area contributed by atoms with Gasteiger partial charge in [-0.15, -0.1) is 0 Å². The van der Waals surface area contributed by atoms with Gasteiger partial charge in [0.25, 0.3) is 0 Å². The van der Waals surface area contributed by atoms with Gasteiger partial charge in [0.15, 0.2) is 0 Å². The number of nitrogens with two attached hydrogens (primary N) is 1. The molecule has 1 heterocycles. The van der Waals surface area contributed by atoms with Crippen molar-refractivity contribution in [2.75, 3.05) is 19.7 Å². The lowest BCUT2D eigenvalue weighted by molar-refractivity contribution is -0.133. The molecule has 0 unspecified atom stereocenters. The minimum atomic E-state index is -0.573. The van der Waals surface area contributed by atoms with Gasteiger partial charge in [0.1, 0.15) is 6.04 Å². The minimum Gasteiger partial charge on any atom is -0.377 e. The first-order valence-corrected chi connectivity index (χ1v) is 6.39. The SMILES string of the molecule is C[C@H]1CN(C(=O)[C@@H](N)c2ccccc2)CCCO1. The van der Waals surface area contributed by atoms with E-state index in [0.29, 0.717) is 13.2 Å². The van der Waals surface area contributed by atoms with Crippen molar-refractivity contribution in [1.29, 1.82) is 0 Å². The summed E-state index contributed by atoms with van der Waals surface area (Å²) in [6.45, 7) is 4.05. The van der Waals surface area contributed by atoms with Crippen molar-refractivity contribution in [3.8, 4) is 0 Å². The molecule has 4 nitrogen and oxygen atoms in total. The summed E-state index contributed by atoms with van der Waals surface area (Å²) in [5, 5.41) is 0. The monoisotopic (exact) mass is 248 g/mol. The highest BCUT2D eigenvalue weighted by molar-refractivity contribution is 5.83. The molecule has 1 aliphatic rings. The molecular weight excluding hydrogens is 228 g/mol. The van der Waals surface area contributed by atoms with E-state index < -0.39 is 6.04 Å². The van der Waals surface area contributed by atoms with Gasteiger partial charge >= 0.3 is 0 Å². The van der Waals surface area contributed by atoms with Gasteiger partial charge in [-0.2, -0.15) is 0 Å². The number of amides is 1. The molecule has 1 aliphatic heterocycles. The van der Waals surface area contributed by atoms with Crippen LogP contribution in [0, 0.1) is 0 Å². The average Bonchev–Trinajstić information content (AvgIpc) is 2.63. The lowest BCUT2D eigenvalue weighted by Gasteiger charge is -2.25. The van der Waals surface area contributed by atoms with Crippen molar-refractivity contribution < 1.29 is 9.53 Å². The van der Waals surface area contributed by atoms with Gasteiger partial charge in [-0.1, -0.05) is 30.3 Å². The molecule has 1 saturated heterocycles. The van der Waals surface area contributed by atoms with Crippen LogP contribution in [0.1, 0.15) is 24.9 Å². The summed E-state index contributed by atoms with van der Waals surface area (Å²) in [5.41, 5.74) is 6.90. The van der Waals surface area contributed by atoms with Gasteiger partial charge in [-0.25, -0.2) is 0 Å². The highest BCUT2D eigenvalue weighted by atomic mass is 16.5. The molecule has 0 aliphatic carbocycles. The van der Waals surface area contributed by atoms with Gasteiger partial charge in [-0.3, -0.25) is 4.79 Å². The smallest absolute Gasteiger partial charge is 0.244 e. The van der Waals surface area contributed by atoms with Crippen molar-refractivity contribution in [3.63, 3.8) is 0 Å². The van der Waals surface area contributed by atoms with Crippen molar-refractivity contribution >= 4 is 5.91 Å². The predicted molar refractivity (Wildman–Crippen MR) is 70.0 cm³/mol. The lowest BCUT2D eigenvalue weighted by atomic mass is 10.1. The fourth-order valence-corrected chi connectivity index (χ4v) is 2.19. The van der Waals surface area contributed by atoms with Crippen LogP contribution in [0.4, 0.5) is 0 Å². The van der Waals surface area contributed by atoms with Crippen LogP contribution in [0.3, 0.4) is 0 Å². The first kappa shape index (κ1) is 13.1. The van der Waals surface area contributed by atoms with Gasteiger partial charge < -0.3 is 15.4 Å². The molecule has 2 atom stereocenters. The Balaban J connectivity index is 2.06. The molecule has 0 aromatic heterocycles. The quantitative estimate of drug-likeness (QED) is 0.859. The highest BCUT2D eigenvalue weighted by Gasteiger charge is 2.25. The maximum atomic E-state index is 12.3. The number of carbonyl (C=O) groups is 1. The Morgan fingerprint density at radius 3 is 2.89 bits per heavy atom. The number of carbonyl (C=O) groups excluding carboxylic acids is 1. The first-order chi connectivity index (χ1) is 8.68. The maximum Gasteiger partial charge on any atom is 0.244 e. The van der Waals surface area contributed by atoms with Crippen LogP contribution in [0.2, 0.25) is 0 Å². The fraction of sp³-hybridized carbons (Fsp3) is 0.500. The summed E-state index contributed by atoms with van der Waals surface area (Å²) in [6.07, 6.45) is 0.955. The molecule has 0 saturated carbocycles. The Bertz CT molecular complexity index is 394. The lowest BCUT2D eigenvalue weighted by Crippen LogP contribution is -2.41. The summed E-state index contributed by atoms with van der Waals surface area (Å²) in [6, 6.07) is 8.92. The van der Waals surface area contributed by atoms with E-state index in [1.807, 2.05) is 42.2 Å². The molecule has 0 radical (unpaired) electrons. The van der Waals surface area contributed by atoms with E-state index >= 15 is 0 Å². The van der Waals surface area contributed by atoms with E-state index in [0.717, 1.165) is 18.5 Å². The number of hydrogen-bond acceptors (Lipinski definition) is 3. The maximum absolute atomic E-state index is 12.3. The van der Waals surface area contributed by atoms with Crippen molar-refractivity contribution in [2.24, 2.45) is 5.73 Å². The Kier molecular flexibility index (Phi) is 4.33. The molecular formula is C14H20N2O2. The summed E-state index contributed by atoms with van der Waals surface area (Å²) in [5.74, 6) is -0.0152. The molecule has 1 aromatic carbocycles. The second-order valence-corrected chi connectivity index (χ2v) is 4.71. The van der Waals surface area contributed by atoms with E-state index in [2.05, 4.69) is 0 Å². The second-order valence-electron chi connectivity index (χ2n) is 4.71. The standard InChI is InChI=1S/C14H20N2O2/c1-11-10-16(8-5-9-18-11)14(17)13(15)12-6-3-2-4-7-12/h2-4,6-7,11,13H,5,8-10,15H2,1H3/t11-,13-/m0/s1. The third kappa shape index (κ3) is 3.09. The number of nitrogens with zero attached hydrogens (tertiary/aromatic N) is 1. The highest BCUT2D eigenvalue weighted by Crippen LogP contribution is 2.15. The van der Waals surface area contributed by atoms with E-state index in [1.54, 1.807) is 0 Å². The van der Waals surface area contributed by atoms with Crippen LogP contribution in [-0.2, 0) is 9.53 Å². The third-order valence-corrected chi connectivity index (χ3v) is 3.19. The molecule has 0 bridgehead atoms.